The smallest absolute Gasteiger partial charge is 0.0701 e. The fourth-order valence-electron chi connectivity index (χ4n) is 7.52. The van der Waals surface area contributed by atoms with E-state index in [-0.39, 0.29) is 11.5 Å². The lowest BCUT2D eigenvalue weighted by molar-refractivity contribution is -0.134. The van der Waals surface area contributed by atoms with Gasteiger partial charge in [0, 0.05) is 0 Å². The molecule has 0 unspecified atom stereocenters. The molecule has 0 radical (unpaired) electrons. The number of hydrogen-bond donors (Lipinski definition) is 2. The molecule has 0 aromatic heterocycles. The number of hydrogen-bond acceptors (Lipinski definition) is 2. The van der Waals surface area contributed by atoms with Gasteiger partial charge in [-0.15, -0.1) is 0 Å². The summed E-state index contributed by atoms with van der Waals surface area (Å²) in [6.07, 6.45) is 11.8. The van der Waals surface area contributed by atoms with Crippen LogP contribution >= 0.6 is 0 Å². The van der Waals surface area contributed by atoms with Gasteiger partial charge in [0.05, 0.1) is 11.7 Å². The second-order valence-electron chi connectivity index (χ2n) is 9.28. The molecule has 4 saturated carbocycles. The fraction of sp³-hybridized carbons (Fsp3) is 1.00. The number of rotatable bonds is 1. The van der Waals surface area contributed by atoms with E-state index in [2.05, 4.69) is 13.8 Å². The predicted octanol–water partition coefficient (Wildman–Crippen LogP) is 4.14. The summed E-state index contributed by atoms with van der Waals surface area (Å²) in [4.78, 5) is 0. The molecular formula is C20H34O2. The first-order valence-electron chi connectivity index (χ1n) is 9.89. The van der Waals surface area contributed by atoms with E-state index >= 15 is 0 Å². The van der Waals surface area contributed by atoms with E-state index in [0.29, 0.717) is 0 Å². The molecule has 0 aromatic rings. The van der Waals surface area contributed by atoms with E-state index in [1.807, 2.05) is 0 Å². The third kappa shape index (κ3) is 1.99. The highest BCUT2D eigenvalue weighted by Crippen LogP contribution is 2.65. The lowest BCUT2D eigenvalue weighted by atomic mass is 9.49. The summed E-state index contributed by atoms with van der Waals surface area (Å²) < 4.78 is 0. The zero-order chi connectivity index (χ0) is 15.5. The molecule has 0 aromatic carbocycles. The maximum atomic E-state index is 11.2. The Kier molecular flexibility index (Phi) is 3.66. The molecule has 0 spiro atoms. The molecule has 2 nitrogen and oxygen atoms in total. The van der Waals surface area contributed by atoms with Crippen molar-refractivity contribution in [3.05, 3.63) is 0 Å². The van der Waals surface area contributed by atoms with E-state index in [0.717, 1.165) is 55.3 Å². The molecule has 0 heterocycles. The molecule has 126 valence electrons. The third-order valence-corrected chi connectivity index (χ3v) is 8.83. The van der Waals surface area contributed by atoms with Gasteiger partial charge in [0.1, 0.15) is 0 Å². The standard InChI is InChI=1S/C20H34O2/c1-3-20(22)11-9-18-17-6-4-13-12-14(21)5-7-15(13)16(17)8-10-19(18,20)2/h13-18,21-22H,3-12H2,1-2H3/t13-,14-,15-,16-,17-,18+,19-,20-/m0/s1. The molecule has 4 aliphatic carbocycles. The largest absolute Gasteiger partial charge is 0.393 e. The minimum Gasteiger partial charge on any atom is -0.393 e. The molecule has 2 heteroatoms. The Balaban J connectivity index is 1.58. The van der Waals surface area contributed by atoms with E-state index in [1.54, 1.807) is 0 Å². The van der Waals surface area contributed by atoms with Crippen molar-refractivity contribution in [3.63, 3.8) is 0 Å². The van der Waals surface area contributed by atoms with Gasteiger partial charge >= 0.3 is 0 Å². The molecule has 0 aliphatic heterocycles. The van der Waals surface area contributed by atoms with Crippen LogP contribution in [0.25, 0.3) is 0 Å². The Bertz CT molecular complexity index is 435. The summed E-state index contributed by atoms with van der Waals surface area (Å²) in [5, 5.41) is 21.2. The highest BCUT2D eigenvalue weighted by Gasteiger charge is 2.61. The van der Waals surface area contributed by atoms with Crippen LogP contribution in [-0.4, -0.2) is 21.9 Å². The van der Waals surface area contributed by atoms with Crippen LogP contribution in [-0.2, 0) is 0 Å². The van der Waals surface area contributed by atoms with Crippen LogP contribution < -0.4 is 0 Å². The zero-order valence-corrected chi connectivity index (χ0v) is 14.4. The number of aliphatic hydroxyl groups is 2. The van der Waals surface area contributed by atoms with Crippen molar-refractivity contribution in [2.24, 2.45) is 35.0 Å². The zero-order valence-electron chi connectivity index (χ0n) is 14.4. The summed E-state index contributed by atoms with van der Waals surface area (Å²) >= 11 is 0. The molecule has 8 atom stereocenters. The van der Waals surface area contributed by atoms with E-state index in [9.17, 15) is 10.2 Å². The maximum Gasteiger partial charge on any atom is 0.0701 e. The minimum absolute atomic E-state index is 0.0247. The quantitative estimate of drug-likeness (QED) is 0.764. The van der Waals surface area contributed by atoms with Crippen molar-refractivity contribution in [2.45, 2.75) is 89.8 Å². The van der Waals surface area contributed by atoms with Gasteiger partial charge < -0.3 is 10.2 Å². The molecule has 0 saturated heterocycles. The first-order chi connectivity index (χ1) is 10.5. The molecule has 2 N–H and O–H groups in total. The van der Waals surface area contributed by atoms with Gasteiger partial charge in [0.25, 0.3) is 0 Å². The molecular weight excluding hydrogens is 272 g/mol. The monoisotopic (exact) mass is 306 g/mol. The average Bonchev–Trinajstić information content (AvgIpc) is 2.79. The topological polar surface area (TPSA) is 40.5 Å². The Morgan fingerprint density at radius 2 is 1.68 bits per heavy atom. The van der Waals surface area contributed by atoms with Gasteiger partial charge in [-0.1, -0.05) is 13.8 Å². The summed E-state index contributed by atoms with van der Waals surface area (Å²) in [5.41, 5.74) is -0.230. The summed E-state index contributed by atoms with van der Waals surface area (Å²) in [5.74, 6) is 4.17. The van der Waals surface area contributed by atoms with Gasteiger partial charge in [-0.2, -0.15) is 0 Å². The van der Waals surface area contributed by atoms with E-state index < -0.39 is 5.60 Å². The Labute approximate surface area is 135 Å². The summed E-state index contributed by atoms with van der Waals surface area (Å²) in [6, 6.07) is 0. The first kappa shape index (κ1) is 15.4. The van der Waals surface area contributed by atoms with Crippen molar-refractivity contribution < 1.29 is 10.2 Å². The van der Waals surface area contributed by atoms with E-state index in [1.165, 1.54) is 38.5 Å². The van der Waals surface area contributed by atoms with Crippen molar-refractivity contribution in [2.75, 3.05) is 0 Å². The Hall–Kier alpha value is -0.0800. The molecule has 0 amide bonds. The highest BCUT2D eigenvalue weighted by atomic mass is 16.3. The van der Waals surface area contributed by atoms with Crippen LogP contribution in [0.15, 0.2) is 0 Å². The van der Waals surface area contributed by atoms with Crippen LogP contribution in [0.5, 0.6) is 0 Å². The van der Waals surface area contributed by atoms with Crippen molar-refractivity contribution in [3.8, 4) is 0 Å². The first-order valence-corrected chi connectivity index (χ1v) is 9.89. The molecule has 0 bridgehead atoms. The molecule has 4 aliphatic rings. The molecule has 4 fully saturated rings. The average molecular weight is 306 g/mol. The minimum atomic E-state index is -0.401. The second-order valence-corrected chi connectivity index (χ2v) is 9.28. The Morgan fingerprint density at radius 3 is 2.45 bits per heavy atom. The van der Waals surface area contributed by atoms with Crippen molar-refractivity contribution in [1.82, 2.24) is 0 Å². The maximum absolute atomic E-state index is 11.2. The summed E-state index contributed by atoms with van der Waals surface area (Å²) in [6.45, 7) is 4.58. The Morgan fingerprint density at radius 1 is 0.909 bits per heavy atom. The van der Waals surface area contributed by atoms with Gasteiger partial charge in [-0.05, 0) is 99.2 Å². The lowest BCUT2D eigenvalue weighted by Crippen LogP contribution is -2.53. The van der Waals surface area contributed by atoms with Gasteiger partial charge in [-0.3, -0.25) is 0 Å². The summed E-state index contributed by atoms with van der Waals surface area (Å²) in [7, 11) is 0. The molecule has 4 rings (SSSR count). The van der Waals surface area contributed by atoms with Gasteiger partial charge in [0.15, 0.2) is 0 Å². The lowest BCUT2D eigenvalue weighted by Gasteiger charge is -2.57. The van der Waals surface area contributed by atoms with Crippen LogP contribution in [0, 0.1) is 35.0 Å². The highest BCUT2D eigenvalue weighted by molar-refractivity contribution is 5.11. The molecule has 22 heavy (non-hydrogen) atoms. The third-order valence-electron chi connectivity index (χ3n) is 8.83. The van der Waals surface area contributed by atoms with E-state index in [4.69, 9.17) is 0 Å². The fourth-order valence-corrected chi connectivity index (χ4v) is 7.52. The van der Waals surface area contributed by atoms with Gasteiger partial charge in [0.2, 0.25) is 0 Å². The number of aliphatic hydroxyl groups excluding tert-OH is 1. The van der Waals surface area contributed by atoms with Crippen molar-refractivity contribution in [1.29, 1.82) is 0 Å². The number of fused-ring (bicyclic) bond motifs is 5. The SMILES string of the molecule is CC[C@]1(O)CC[C@@H]2[C@H]3CC[C@H]4C[C@@H](O)CC[C@@H]4[C@@H]3CC[C@@]21C. The van der Waals surface area contributed by atoms with Gasteiger partial charge in [-0.25, -0.2) is 0 Å². The van der Waals surface area contributed by atoms with Crippen LogP contribution in [0.2, 0.25) is 0 Å². The van der Waals surface area contributed by atoms with Crippen LogP contribution in [0.4, 0.5) is 0 Å². The second kappa shape index (κ2) is 5.21. The van der Waals surface area contributed by atoms with Crippen molar-refractivity contribution >= 4 is 0 Å². The normalized spacial score (nSPS) is 57.8. The van der Waals surface area contributed by atoms with Crippen LogP contribution in [0.3, 0.4) is 0 Å². The van der Waals surface area contributed by atoms with Crippen LogP contribution in [0.1, 0.15) is 78.1 Å². The predicted molar refractivity (Wildman–Crippen MR) is 88.4 cm³/mol.